The van der Waals surface area contributed by atoms with Gasteiger partial charge < -0.3 is 9.55 Å². The zero-order valence-electron chi connectivity index (χ0n) is 13.3. The van der Waals surface area contributed by atoms with Crippen LogP contribution in [0.2, 0.25) is 0 Å². The molecule has 0 saturated heterocycles. The summed E-state index contributed by atoms with van der Waals surface area (Å²) in [6.07, 6.45) is 13.2. The molecule has 5 nitrogen and oxygen atoms in total. The summed E-state index contributed by atoms with van der Waals surface area (Å²) in [4.78, 5) is 24.0. The van der Waals surface area contributed by atoms with Crippen molar-refractivity contribution in [3.05, 3.63) is 76.9 Å². The number of para-hydroxylation sites is 1. The second-order valence-corrected chi connectivity index (χ2v) is 5.92. The van der Waals surface area contributed by atoms with Gasteiger partial charge in [-0.3, -0.25) is 4.79 Å². The Hall–Kier alpha value is -2.95. The summed E-state index contributed by atoms with van der Waals surface area (Å²) in [6, 6.07) is 7.40. The number of fused-ring (bicyclic) bond motifs is 1. The lowest BCUT2D eigenvalue weighted by atomic mass is 10.1. The average molecular weight is 318 g/mol. The van der Waals surface area contributed by atoms with Crippen LogP contribution in [0.1, 0.15) is 24.4 Å². The zero-order chi connectivity index (χ0) is 16.4. The van der Waals surface area contributed by atoms with Crippen molar-refractivity contribution in [1.29, 1.82) is 0 Å². The molecular formula is C19H18N4O. The van der Waals surface area contributed by atoms with Crippen LogP contribution < -0.4 is 5.56 Å². The van der Waals surface area contributed by atoms with Gasteiger partial charge in [0.2, 0.25) is 0 Å². The summed E-state index contributed by atoms with van der Waals surface area (Å²) in [5.74, 6) is 0.700. The molecule has 1 aliphatic rings. The molecule has 0 saturated carbocycles. The maximum absolute atomic E-state index is 12.1. The number of aromatic amines is 1. The molecule has 1 N–H and O–H groups in total. The Kier molecular flexibility index (Phi) is 3.83. The minimum Gasteiger partial charge on any atom is -0.336 e. The van der Waals surface area contributed by atoms with Crippen molar-refractivity contribution in [2.45, 2.75) is 25.8 Å². The number of benzene rings is 1. The van der Waals surface area contributed by atoms with E-state index in [1.807, 2.05) is 35.3 Å². The van der Waals surface area contributed by atoms with E-state index in [0.29, 0.717) is 17.6 Å². The minimum absolute atomic E-state index is 0.0839. The monoisotopic (exact) mass is 318 g/mol. The van der Waals surface area contributed by atoms with Gasteiger partial charge in [0, 0.05) is 19.2 Å². The molecule has 0 atom stereocenters. The Morgan fingerprint density at radius 1 is 1.21 bits per heavy atom. The van der Waals surface area contributed by atoms with Gasteiger partial charge in [-0.05, 0) is 30.5 Å². The van der Waals surface area contributed by atoms with Gasteiger partial charge in [-0.2, -0.15) is 0 Å². The Morgan fingerprint density at radius 2 is 2.12 bits per heavy atom. The molecule has 120 valence electrons. The number of nitrogens with one attached hydrogen (secondary N) is 1. The molecule has 4 rings (SSSR count). The molecule has 1 aliphatic carbocycles. The summed E-state index contributed by atoms with van der Waals surface area (Å²) in [5, 5.41) is 0.627. The van der Waals surface area contributed by atoms with Crippen molar-refractivity contribution in [3.63, 3.8) is 0 Å². The highest BCUT2D eigenvalue weighted by molar-refractivity contribution is 5.77. The lowest BCUT2D eigenvalue weighted by Crippen LogP contribution is -2.13. The quantitative estimate of drug-likeness (QED) is 0.804. The molecule has 2 heterocycles. The topological polar surface area (TPSA) is 63.6 Å². The molecule has 5 heteroatoms. The number of hydrogen-bond donors (Lipinski definition) is 1. The van der Waals surface area contributed by atoms with Crippen molar-refractivity contribution < 1.29 is 0 Å². The first-order valence-corrected chi connectivity index (χ1v) is 8.16. The highest BCUT2D eigenvalue weighted by Gasteiger charge is 2.07. The number of nitrogens with zero attached hydrogens (tertiary/aromatic N) is 3. The lowest BCUT2D eigenvalue weighted by Gasteiger charge is -2.04. The fourth-order valence-corrected chi connectivity index (χ4v) is 2.92. The van der Waals surface area contributed by atoms with E-state index in [1.54, 1.807) is 6.07 Å². The van der Waals surface area contributed by atoms with Crippen LogP contribution in [0.4, 0.5) is 0 Å². The first-order valence-electron chi connectivity index (χ1n) is 8.16. The molecule has 0 spiro atoms. The summed E-state index contributed by atoms with van der Waals surface area (Å²) < 4.78 is 2.04. The predicted octanol–water partition coefficient (Wildman–Crippen LogP) is 3.10. The van der Waals surface area contributed by atoms with Crippen molar-refractivity contribution in [2.24, 2.45) is 0 Å². The SMILES string of the molecule is O=c1[nH]c(CCn2cnc(C3=CCCC=C3)c2)nc2ccccc12. The Morgan fingerprint density at radius 3 is 3.00 bits per heavy atom. The lowest BCUT2D eigenvalue weighted by molar-refractivity contribution is 0.671. The van der Waals surface area contributed by atoms with Crippen molar-refractivity contribution >= 4 is 16.5 Å². The molecule has 2 aromatic heterocycles. The van der Waals surface area contributed by atoms with E-state index in [9.17, 15) is 4.79 Å². The summed E-state index contributed by atoms with van der Waals surface area (Å²) in [7, 11) is 0. The molecule has 0 bridgehead atoms. The summed E-state index contributed by atoms with van der Waals surface area (Å²) >= 11 is 0. The first-order chi connectivity index (χ1) is 11.8. The zero-order valence-corrected chi connectivity index (χ0v) is 13.3. The van der Waals surface area contributed by atoms with Gasteiger partial charge in [-0.25, -0.2) is 9.97 Å². The number of allylic oxidation sites excluding steroid dienone is 4. The van der Waals surface area contributed by atoms with E-state index in [4.69, 9.17) is 0 Å². The van der Waals surface area contributed by atoms with Crippen LogP contribution >= 0.6 is 0 Å². The van der Waals surface area contributed by atoms with E-state index < -0.39 is 0 Å². The fraction of sp³-hybridized carbons (Fsp3) is 0.211. The smallest absolute Gasteiger partial charge is 0.258 e. The minimum atomic E-state index is -0.0839. The van der Waals surface area contributed by atoms with Crippen LogP contribution in [0.15, 0.2) is 59.8 Å². The maximum Gasteiger partial charge on any atom is 0.258 e. The standard InChI is InChI=1S/C19H18N4O/c24-19-15-8-4-5-9-16(15)21-18(22-19)10-11-23-12-17(20-13-23)14-6-2-1-3-7-14/h2,4-9,12-13H,1,3,10-11H2,(H,21,22,24). The van der Waals surface area contributed by atoms with Crippen molar-refractivity contribution in [1.82, 2.24) is 19.5 Å². The molecule has 24 heavy (non-hydrogen) atoms. The third-order valence-electron chi connectivity index (χ3n) is 4.19. The third kappa shape index (κ3) is 2.93. The first kappa shape index (κ1) is 14.6. The Balaban J connectivity index is 1.51. The van der Waals surface area contributed by atoms with Gasteiger partial charge in [0.25, 0.3) is 5.56 Å². The second-order valence-electron chi connectivity index (χ2n) is 5.92. The van der Waals surface area contributed by atoms with Crippen LogP contribution in [0.3, 0.4) is 0 Å². The number of rotatable bonds is 4. The Bertz CT molecular complexity index is 994. The third-order valence-corrected chi connectivity index (χ3v) is 4.19. The van der Waals surface area contributed by atoms with Gasteiger partial charge in [-0.15, -0.1) is 0 Å². The maximum atomic E-state index is 12.1. The van der Waals surface area contributed by atoms with Crippen LogP contribution in [-0.4, -0.2) is 19.5 Å². The average Bonchev–Trinajstić information content (AvgIpc) is 3.10. The molecule has 0 amide bonds. The van der Waals surface area contributed by atoms with Crippen LogP contribution in [-0.2, 0) is 13.0 Å². The highest BCUT2D eigenvalue weighted by Crippen LogP contribution is 2.19. The van der Waals surface area contributed by atoms with Crippen LogP contribution in [0.25, 0.3) is 16.5 Å². The number of hydrogen-bond acceptors (Lipinski definition) is 3. The van der Waals surface area contributed by atoms with Gasteiger partial charge in [0.05, 0.1) is 22.9 Å². The van der Waals surface area contributed by atoms with Crippen LogP contribution in [0, 0.1) is 0 Å². The van der Waals surface area contributed by atoms with Crippen molar-refractivity contribution in [2.75, 3.05) is 0 Å². The molecule has 0 unspecified atom stereocenters. The van der Waals surface area contributed by atoms with Crippen molar-refractivity contribution in [3.8, 4) is 0 Å². The fourth-order valence-electron chi connectivity index (χ4n) is 2.92. The normalized spacial score (nSPS) is 14.1. The predicted molar refractivity (Wildman–Crippen MR) is 94.6 cm³/mol. The van der Waals surface area contributed by atoms with Gasteiger partial charge >= 0.3 is 0 Å². The highest BCUT2D eigenvalue weighted by atomic mass is 16.1. The number of aromatic nitrogens is 4. The van der Waals surface area contributed by atoms with E-state index in [0.717, 1.165) is 30.6 Å². The van der Waals surface area contributed by atoms with Gasteiger partial charge in [0.15, 0.2) is 0 Å². The second kappa shape index (κ2) is 6.28. The Labute approximate surface area is 139 Å². The van der Waals surface area contributed by atoms with Crippen LogP contribution in [0.5, 0.6) is 0 Å². The molecule has 0 fully saturated rings. The molecule has 3 aromatic rings. The van der Waals surface area contributed by atoms with E-state index in [2.05, 4.69) is 33.2 Å². The van der Waals surface area contributed by atoms with Gasteiger partial charge in [-0.1, -0.05) is 30.4 Å². The molecular weight excluding hydrogens is 300 g/mol. The molecule has 0 radical (unpaired) electrons. The molecule has 0 aliphatic heterocycles. The van der Waals surface area contributed by atoms with E-state index in [-0.39, 0.29) is 5.56 Å². The largest absolute Gasteiger partial charge is 0.336 e. The van der Waals surface area contributed by atoms with Gasteiger partial charge in [0.1, 0.15) is 5.82 Å². The number of imidazole rings is 1. The number of H-pyrrole nitrogens is 1. The van der Waals surface area contributed by atoms with E-state index in [1.165, 1.54) is 5.57 Å². The molecule has 1 aromatic carbocycles. The summed E-state index contributed by atoms with van der Waals surface area (Å²) in [5.41, 5.74) is 2.82. The van der Waals surface area contributed by atoms with E-state index >= 15 is 0 Å². The number of aryl methyl sites for hydroxylation is 2. The summed E-state index contributed by atoms with van der Waals surface area (Å²) in [6.45, 7) is 0.727.